The van der Waals surface area contributed by atoms with Gasteiger partial charge in [0.1, 0.15) is 6.61 Å². The van der Waals surface area contributed by atoms with Gasteiger partial charge in [-0.25, -0.2) is 4.79 Å². The van der Waals surface area contributed by atoms with Gasteiger partial charge in [-0.15, -0.1) is 0 Å². The number of aromatic hydroxyl groups is 1. The molecule has 1 atom stereocenters. The Bertz CT molecular complexity index is 500. The van der Waals surface area contributed by atoms with Gasteiger partial charge in [-0.05, 0) is 51.1 Å². The second-order valence-electron chi connectivity index (χ2n) is 6.38. The molecular formula is C18H29NO4. The van der Waals surface area contributed by atoms with Crippen LogP contribution in [0.4, 0.5) is 0 Å². The van der Waals surface area contributed by atoms with E-state index in [0.29, 0.717) is 30.4 Å². The molecule has 0 saturated carbocycles. The lowest BCUT2D eigenvalue weighted by molar-refractivity contribution is 0.0378. The molecule has 1 aromatic carbocycles. The monoisotopic (exact) mass is 323 g/mol. The number of hydrogen-bond donors (Lipinski definition) is 1. The van der Waals surface area contributed by atoms with Crippen LogP contribution in [0.15, 0.2) is 18.2 Å². The molecule has 0 aliphatic heterocycles. The van der Waals surface area contributed by atoms with Crippen LogP contribution in [-0.2, 0) is 4.74 Å². The van der Waals surface area contributed by atoms with Crippen LogP contribution < -0.4 is 4.74 Å². The summed E-state index contributed by atoms with van der Waals surface area (Å²) < 4.78 is 10.9. The maximum atomic E-state index is 12.2. The molecule has 0 unspecified atom stereocenters. The van der Waals surface area contributed by atoms with Crippen molar-refractivity contribution >= 4 is 5.97 Å². The number of benzene rings is 1. The molecular weight excluding hydrogens is 294 g/mol. The van der Waals surface area contributed by atoms with Crippen LogP contribution in [0, 0.1) is 5.92 Å². The van der Waals surface area contributed by atoms with Crippen molar-refractivity contribution < 1.29 is 19.4 Å². The van der Waals surface area contributed by atoms with Crippen LogP contribution in [0.2, 0.25) is 0 Å². The standard InChI is InChI=1S/C18H29NO4/c1-6-9-22-17-11-14(7-8-16(17)20)18(21)23-12-15(19(4)5)10-13(2)3/h7-8,11,13,15,20H,6,9-10,12H2,1-5H3/t15-/m0/s1. The van der Waals surface area contributed by atoms with Crippen LogP contribution in [0.3, 0.4) is 0 Å². The van der Waals surface area contributed by atoms with Crippen molar-refractivity contribution in [2.75, 3.05) is 27.3 Å². The fourth-order valence-electron chi connectivity index (χ4n) is 2.20. The van der Waals surface area contributed by atoms with Gasteiger partial charge < -0.3 is 19.5 Å². The molecule has 1 N–H and O–H groups in total. The maximum Gasteiger partial charge on any atom is 0.338 e. The van der Waals surface area contributed by atoms with Crippen LogP contribution in [0.25, 0.3) is 0 Å². The van der Waals surface area contributed by atoms with E-state index in [0.717, 1.165) is 12.8 Å². The topological polar surface area (TPSA) is 59.0 Å². The number of rotatable bonds is 9. The summed E-state index contributed by atoms with van der Waals surface area (Å²) in [4.78, 5) is 14.3. The third-order valence-corrected chi connectivity index (χ3v) is 3.54. The lowest BCUT2D eigenvalue weighted by Gasteiger charge is -2.25. The number of phenols is 1. The van der Waals surface area contributed by atoms with Gasteiger partial charge in [-0.1, -0.05) is 20.8 Å². The second-order valence-corrected chi connectivity index (χ2v) is 6.38. The van der Waals surface area contributed by atoms with Crippen molar-refractivity contribution in [1.29, 1.82) is 0 Å². The molecule has 0 spiro atoms. The first kappa shape index (κ1) is 19.3. The van der Waals surface area contributed by atoms with E-state index in [-0.39, 0.29) is 11.8 Å². The van der Waals surface area contributed by atoms with Crippen LogP contribution >= 0.6 is 0 Å². The van der Waals surface area contributed by atoms with E-state index in [1.165, 1.54) is 12.1 Å². The Balaban J connectivity index is 2.69. The number of esters is 1. The number of carbonyl (C=O) groups is 1. The smallest absolute Gasteiger partial charge is 0.338 e. The SMILES string of the molecule is CCCOc1cc(C(=O)OC[C@H](CC(C)C)N(C)C)ccc1O. The molecule has 0 aliphatic carbocycles. The zero-order valence-electron chi connectivity index (χ0n) is 14.8. The van der Waals surface area contributed by atoms with Gasteiger partial charge in [0.2, 0.25) is 0 Å². The van der Waals surface area contributed by atoms with E-state index in [2.05, 4.69) is 18.7 Å². The number of nitrogens with zero attached hydrogens (tertiary/aromatic N) is 1. The largest absolute Gasteiger partial charge is 0.504 e. The molecule has 0 aromatic heterocycles. The average molecular weight is 323 g/mol. The molecule has 0 fully saturated rings. The third kappa shape index (κ3) is 6.48. The quantitative estimate of drug-likeness (QED) is 0.707. The molecule has 1 aromatic rings. The Labute approximate surface area is 139 Å². The van der Waals surface area contributed by atoms with E-state index in [9.17, 15) is 9.90 Å². The van der Waals surface area contributed by atoms with Crippen molar-refractivity contribution in [3.8, 4) is 11.5 Å². The Kier molecular flexibility index (Phi) is 7.89. The molecule has 0 saturated heterocycles. The van der Waals surface area contributed by atoms with Gasteiger partial charge in [0.15, 0.2) is 11.5 Å². The van der Waals surface area contributed by atoms with Crippen molar-refractivity contribution in [3.05, 3.63) is 23.8 Å². The predicted octanol–water partition coefficient (Wildman–Crippen LogP) is 3.31. The molecule has 130 valence electrons. The summed E-state index contributed by atoms with van der Waals surface area (Å²) in [6.45, 7) is 7.11. The lowest BCUT2D eigenvalue weighted by atomic mass is 10.0. The summed E-state index contributed by atoms with van der Waals surface area (Å²) >= 11 is 0. The summed E-state index contributed by atoms with van der Waals surface area (Å²) in [6, 6.07) is 4.72. The molecule has 5 heteroatoms. The molecule has 0 heterocycles. The Morgan fingerprint density at radius 2 is 2.00 bits per heavy atom. The van der Waals surface area contributed by atoms with E-state index >= 15 is 0 Å². The highest BCUT2D eigenvalue weighted by Crippen LogP contribution is 2.27. The van der Waals surface area contributed by atoms with E-state index in [4.69, 9.17) is 9.47 Å². The number of ether oxygens (including phenoxy) is 2. The summed E-state index contributed by atoms with van der Waals surface area (Å²) in [5, 5.41) is 9.75. The highest BCUT2D eigenvalue weighted by Gasteiger charge is 2.17. The number of phenolic OH excluding ortho intramolecular Hbond substituents is 1. The van der Waals surface area contributed by atoms with E-state index < -0.39 is 5.97 Å². The fraction of sp³-hybridized carbons (Fsp3) is 0.611. The summed E-state index contributed by atoms with van der Waals surface area (Å²) in [5.74, 6) is 0.472. The van der Waals surface area contributed by atoms with Gasteiger partial charge in [-0.2, -0.15) is 0 Å². The van der Waals surface area contributed by atoms with Crippen LogP contribution in [0.1, 0.15) is 44.0 Å². The van der Waals surface area contributed by atoms with E-state index in [1.807, 2.05) is 21.0 Å². The first-order valence-corrected chi connectivity index (χ1v) is 8.14. The average Bonchev–Trinajstić information content (AvgIpc) is 2.49. The van der Waals surface area contributed by atoms with Gasteiger partial charge in [0.25, 0.3) is 0 Å². The highest BCUT2D eigenvalue weighted by atomic mass is 16.5. The maximum absolute atomic E-state index is 12.2. The molecule has 5 nitrogen and oxygen atoms in total. The summed E-state index contributed by atoms with van der Waals surface area (Å²) in [7, 11) is 3.97. The van der Waals surface area contributed by atoms with Crippen LogP contribution in [-0.4, -0.2) is 49.3 Å². The molecule has 0 amide bonds. The molecule has 1 rings (SSSR count). The fourth-order valence-corrected chi connectivity index (χ4v) is 2.20. The van der Waals surface area contributed by atoms with Crippen molar-refractivity contribution in [1.82, 2.24) is 4.90 Å². The van der Waals surface area contributed by atoms with Gasteiger partial charge in [-0.3, -0.25) is 0 Å². The van der Waals surface area contributed by atoms with Crippen molar-refractivity contribution in [2.24, 2.45) is 5.92 Å². The first-order valence-electron chi connectivity index (χ1n) is 8.14. The minimum atomic E-state index is -0.401. The number of carbonyl (C=O) groups excluding carboxylic acids is 1. The van der Waals surface area contributed by atoms with E-state index in [1.54, 1.807) is 6.07 Å². The molecule has 0 aliphatic rings. The third-order valence-electron chi connectivity index (χ3n) is 3.54. The highest BCUT2D eigenvalue weighted by molar-refractivity contribution is 5.90. The molecule has 23 heavy (non-hydrogen) atoms. The predicted molar refractivity (Wildman–Crippen MR) is 91.1 cm³/mol. The van der Waals surface area contributed by atoms with Crippen molar-refractivity contribution in [3.63, 3.8) is 0 Å². The Hall–Kier alpha value is -1.75. The van der Waals surface area contributed by atoms with Crippen molar-refractivity contribution in [2.45, 2.75) is 39.7 Å². The van der Waals surface area contributed by atoms with Gasteiger partial charge in [0, 0.05) is 6.04 Å². The van der Waals surface area contributed by atoms with Gasteiger partial charge >= 0.3 is 5.97 Å². The lowest BCUT2D eigenvalue weighted by Crippen LogP contribution is -2.34. The minimum Gasteiger partial charge on any atom is -0.504 e. The zero-order valence-corrected chi connectivity index (χ0v) is 14.8. The minimum absolute atomic E-state index is 0.0287. The second kappa shape index (κ2) is 9.40. The Morgan fingerprint density at radius 1 is 1.30 bits per heavy atom. The number of hydrogen-bond acceptors (Lipinski definition) is 5. The zero-order chi connectivity index (χ0) is 17.4. The number of likely N-dealkylation sites (N-methyl/N-ethyl adjacent to an activating group) is 1. The molecule has 0 bridgehead atoms. The summed E-state index contributed by atoms with van der Waals surface area (Å²) in [5.41, 5.74) is 0.385. The summed E-state index contributed by atoms with van der Waals surface area (Å²) in [6.07, 6.45) is 1.79. The van der Waals surface area contributed by atoms with Crippen LogP contribution in [0.5, 0.6) is 11.5 Å². The molecule has 0 radical (unpaired) electrons. The van der Waals surface area contributed by atoms with Gasteiger partial charge in [0.05, 0.1) is 12.2 Å². The normalized spacial score (nSPS) is 12.5. The Morgan fingerprint density at radius 3 is 2.57 bits per heavy atom. The first-order chi connectivity index (χ1) is 10.8.